The number of alkyl halides is 2. The van der Waals surface area contributed by atoms with Crippen molar-refractivity contribution in [1.82, 2.24) is 14.8 Å². The van der Waals surface area contributed by atoms with Crippen LogP contribution in [0.25, 0.3) is 10.9 Å². The maximum absolute atomic E-state index is 15.6. The molecule has 3 atom stereocenters. The van der Waals surface area contributed by atoms with Gasteiger partial charge in [0.2, 0.25) is 0 Å². The normalized spacial score (nSPS) is 22.8. The molecule has 1 aromatic heterocycles. The van der Waals surface area contributed by atoms with Crippen molar-refractivity contribution < 1.29 is 23.0 Å². The van der Waals surface area contributed by atoms with Gasteiger partial charge in [0.25, 0.3) is 0 Å². The summed E-state index contributed by atoms with van der Waals surface area (Å²) >= 11 is 0. The number of H-pyrrole nitrogens is 1. The van der Waals surface area contributed by atoms with Crippen molar-refractivity contribution in [1.29, 1.82) is 0 Å². The van der Waals surface area contributed by atoms with Crippen LogP contribution in [0.2, 0.25) is 0 Å². The van der Waals surface area contributed by atoms with Gasteiger partial charge in [-0.3, -0.25) is 14.2 Å². The number of benzene rings is 2. The molecule has 0 saturated carbocycles. The second-order valence-electron chi connectivity index (χ2n) is 10.6. The number of aromatic nitrogens is 1. The zero-order valence-electron chi connectivity index (χ0n) is 20.8. The summed E-state index contributed by atoms with van der Waals surface area (Å²) in [5, 5.41) is 10.7. The highest BCUT2D eigenvalue weighted by molar-refractivity contribution is 5.85. The topological polar surface area (TPSA) is 51.7 Å². The van der Waals surface area contributed by atoms with Crippen LogP contribution in [0.4, 0.5) is 13.2 Å². The molecule has 0 spiro atoms. The van der Waals surface area contributed by atoms with Gasteiger partial charge in [0.05, 0.1) is 19.3 Å². The molecule has 2 aromatic carbocycles. The molecule has 0 radical (unpaired) electrons. The lowest BCUT2D eigenvalue weighted by molar-refractivity contribution is 0.0169. The predicted octanol–water partition coefficient (Wildman–Crippen LogP) is 4.64. The van der Waals surface area contributed by atoms with Crippen LogP contribution in [0, 0.1) is 11.7 Å². The van der Waals surface area contributed by atoms with E-state index in [4.69, 9.17) is 4.74 Å². The first kappa shape index (κ1) is 25.1. The molecule has 1 saturated heterocycles. The predicted molar refractivity (Wildman–Crippen MR) is 134 cm³/mol. The Hall–Kier alpha value is -2.55. The van der Waals surface area contributed by atoms with Crippen LogP contribution in [0.3, 0.4) is 0 Å². The molecule has 2 N–H and O–H groups in total. The molecule has 8 heteroatoms. The number of ether oxygens (including phenoxy) is 1. The number of fused-ring (bicyclic) bond motifs is 3. The van der Waals surface area contributed by atoms with Crippen molar-refractivity contribution in [3.63, 3.8) is 0 Å². The molecule has 194 valence electrons. The Balaban J connectivity index is 1.43. The minimum Gasteiger partial charge on any atom is -0.492 e. The van der Waals surface area contributed by atoms with E-state index in [1.165, 1.54) is 13.0 Å². The van der Waals surface area contributed by atoms with Gasteiger partial charge in [-0.1, -0.05) is 24.3 Å². The molecule has 0 aliphatic carbocycles. The molecule has 0 bridgehead atoms. The van der Waals surface area contributed by atoms with Crippen molar-refractivity contribution >= 4 is 10.9 Å². The maximum Gasteiger partial charge on any atom is 0.143 e. The molecule has 1 fully saturated rings. The molecule has 2 aliphatic rings. The van der Waals surface area contributed by atoms with E-state index in [0.29, 0.717) is 30.9 Å². The van der Waals surface area contributed by atoms with E-state index in [1.807, 2.05) is 30.0 Å². The van der Waals surface area contributed by atoms with Crippen LogP contribution in [0.5, 0.6) is 5.75 Å². The van der Waals surface area contributed by atoms with E-state index in [-0.39, 0.29) is 25.2 Å². The van der Waals surface area contributed by atoms with Gasteiger partial charge in [-0.15, -0.1) is 0 Å². The Morgan fingerprint density at radius 1 is 1.19 bits per heavy atom. The van der Waals surface area contributed by atoms with E-state index < -0.39 is 24.1 Å². The minimum atomic E-state index is -1.83. The van der Waals surface area contributed by atoms with Crippen molar-refractivity contribution in [3.05, 3.63) is 65.1 Å². The van der Waals surface area contributed by atoms with Gasteiger partial charge in [-0.05, 0) is 38.0 Å². The molecule has 2 aliphatic heterocycles. The first-order chi connectivity index (χ1) is 17.3. The van der Waals surface area contributed by atoms with Crippen LogP contribution < -0.4 is 4.74 Å². The highest BCUT2D eigenvalue weighted by Crippen LogP contribution is 2.42. The fourth-order valence-electron chi connectivity index (χ4n) is 5.59. The van der Waals surface area contributed by atoms with Crippen LogP contribution in [-0.4, -0.2) is 77.7 Å². The van der Waals surface area contributed by atoms with Gasteiger partial charge in [-0.2, -0.15) is 0 Å². The number of aliphatic hydroxyl groups is 1. The third kappa shape index (κ3) is 4.86. The quantitative estimate of drug-likeness (QED) is 0.449. The lowest BCUT2D eigenvalue weighted by atomic mass is 9.87. The molecule has 5 rings (SSSR count). The lowest BCUT2D eigenvalue weighted by Gasteiger charge is -2.43. The highest BCUT2D eigenvalue weighted by atomic mass is 19.1. The van der Waals surface area contributed by atoms with E-state index in [0.717, 1.165) is 35.2 Å². The van der Waals surface area contributed by atoms with Crippen LogP contribution in [-0.2, 0) is 6.42 Å². The van der Waals surface area contributed by atoms with E-state index in [9.17, 15) is 9.50 Å². The molecule has 5 nitrogen and oxygen atoms in total. The van der Waals surface area contributed by atoms with Crippen LogP contribution in [0.15, 0.2) is 42.5 Å². The first-order valence-corrected chi connectivity index (χ1v) is 12.6. The average Bonchev–Trinajstić information content (AvgIpc) is 3.19. The van der Waals surface area contributed by atoms with Gasteiger partial charge in [0, 0.05) is 66.4 Å². The second-order valence-corrected chi connectivity index (χ2v) is 10.6. The summed E-state index contributed by atoms with van der Waals surface area (Å²) in [4.78, 5) is 7.53. The van der Waals surface area contributed by atoms with Crippen molar-refractivity contribution in [3.8, 4) is 5.75 Å². The third-order valence-electron chi connectivity index (χ3n) is 7.55. The zero-order valence-corrected chi connectivity index (χ0v) is 20.8. The van der Waals surface area contributed by atoms with E-state index >= 15 is 8.78 Å². The van der Waals surface area contributed by atoms with Gasteiger partial charge >= 0.3 is 0 Å². The summed E-state index contributed by atoms with van der Waals surface area (Å²) in [6.45, 7) is 4.99. The fraction of sp³-hybridized carbons (Fsp3) is 0.500. The Kier molecular flexibility index (Phi) is 7.03. The number of hydrogen-bond acceptors (Lipinski definition) is 4. The molecule has 3 heterocycles. The van der Waals surface area contributed by atoms with E-state index in [2.05, 4.69) is 16.0 Å². The Morgan fingerprint density at radius 2 is 1.97 bits per heavy atom. The maximum atomic E-state index is 15.6. The first-order valence-electron chi connectivity index (χ1n) is 12.6. The van der Waals surface area contributed by atoms with Gasteiger partial charge in [-0.25, -0.2) is 8.78 Å². The van der Waals surface area contributed by atoms with Crippen molar-refractivity contribution in [2.75, 3.05) is 46.1 Å². The van der Waals surface area contributed by atoms with Crippen molar-refractivity contribution in [2.24, 2.45) is 5.92 Å². The smallest absolute Gasteiger partial charge is 0.143 e. The number of hydrogen-bond donors (Lipinski definition) is 2. The Labute approximate surface area is 209 Å². The third-order valence-corrected chi connectivity index (χ3v) is 7.55. The number of aliphatic hydroxyl groups excluding tert-OH is 1. The van der Waals surface area contributed by atoms with Crippen molar-refractivity contribution in [2.45, 2.75) is 38.0 Å². The van der Waals surface area contributed by atoms with Crippen LogP contribution >= 0.6 is 0 Å². The fourth-order valence-corrected chi connectivity index (χ4v) is 5.59. The molecule has 3 aromatic rings. The zero-order chi connectivity index (χ0) is 25.4. The summed E-state index contributed by atoms with van der Waals surface area (Å²) in [6, 6.07) is 12.2. The minimum absolute atomic E-state index is 0.0302. The highest BCUT2D eigenvalue weighted by Gasteiger charge is 2.40. The van der Waals surface area contributed by atoms with Gasteiger partial charge in [0.1, 0.15) is 23.8 Å². The monoisotopic (exact) mass is 501 g/mol. The molecular weight excluding hydrogens is 467 g/mol. The summed E-state index contributed by atoms with van der Waals surface area (Å²) < 4.78 is 49.1. The molecule has 0 amide bonds. The largest absolute Gasteiger partial charge is 0.492 e. The Morgan fingerprint density at radius 3 is 2.69 bits per heavy atom. The summed E-state index contributed by atoms with van der Waals surface area (Å²) in [7, 11) is 0. The number of para-hydroxylation sites is 1. The van der Waals surface area contributed by atoms with Gasteiger partial charge in [0.15, 0.2) is 0 Å². The van der Waals surface area contributed by atoms with E-state index in [1.54, 1.807) is 12.1 Å². The number of nitrogens with zero attached hydrogens (tertiary/aromatic N) is 2. The number of nitrogens with one attached hydrogen (secondary N) is 1. The number of halogens is 3. The molecule has 1 unspecified atom stereocenters. The van der Waals surface area contributed by atoms with Gasteiger partial charge < -0.3 is 14.8 Å². The number of likely N-dealkylation sites (tertiary alicyclic amines) is 1. The lowest BCUT2D eigenvalue weighted by Crippen LogP contribution is -2.49. The molecular formula is C28H34F3N3O2. The SMILES string of the molecule is C[C@@H]1Cc2c([nH]c3ccccc23)[C@@H](c2ccc(OCCN3CC(CF)C3)cc2F)N1CC(C)(F)CO. The number of aromatic amines is 1. The molecule has 36 heavy (non-hydrogen) atoms. The van der Waals surface area contributed by atoms with Crippen LogP contribution in [0.1, 0.15) is 36.7 Å². The average molecular weight is 502 g/mol. The second kappa shape index (κ2) is 10.1. The summed E-state index contributed by atoms with van der Waals surface area (Å²) in [6.07, 6.45) is 0.694. The standard InChI is InChI=1S/C28H34F3N3O2/c1-18-11-23-21-5-3-4-6-25(21)32-26(23)27(34(18)16-28(2,31)17-35)22-8-7-20(12-24(22)30)36-10-9-33-14-19(13-29)15-33/h3-8,12,18-19,27,32,35H,9-11,13-17H2,1-2H3/t18-,27-,28?/m1/s1. The number of rotatable bonds is 9. The summed E-state index contributed by atoms with van der Waals surface area (Å²) in [5.74, 6) is 0.123. The summed E-state index contributed by atoms with van der Waals surface area (Å²) in [5.41, 5.74) is 1.55. The Bertz CT molecular complexity index is 1210.